The summed E-state index contributed by atoms with van der Waals surface area (Å²) >= 11 is 1.32. The Balaban J connectivity index is 1.95. The highest BCUT2D eigenvalue weighted by Gasteiger charge is 2.25. The zero-order chi connectivity index (χ0) is 20.3. The zero-order valence-corrected chi connectivity index (χ0v) is 17.5. The highest BCUT2D eigenvalue weighted by molar-refractivity contribution is 8.18. The van der Waals surface area contributed by atoms with Crippen molar-refractivity contribution in [2.45, 2.75) is 33.8 Å². The first-order valence-electron chi connectivity index (χ1n) is 9.08. The molecule has 0 spiro atoms. The van der Waals surface area contributed by atoms with Gasteiger partial charge in [0.2, 0.25) is 0 Å². The van der Waals surface area contributed by atoms with Crippen molar-refractivity contribution < 1.29 is 14.3 Å². The summed E-state index contributed by atoms with van der Waals surface area (Å²) in [5.74, 6) is 1.09. The zero-order valence-electron chi connectivity index (χ0n) is 16.7. The average Bonchev–Trinajstić information content (AvgIpc) is 2.98. The van der Waals surface area contributed by atoms with Gasteiger partial charge in [0.1, 0.15) is 0 Å². The molecule has 5 nitrogen and oxygen atoms in total. The van der Waals surface area contributed by atoms with Gasteiger partial charge in [0, 0.05) is 5.56 Å². The van der Waals surface area contributed by atoms with Crippen molar-refractivity contribution in [1.29, 1.82) is 0 Å². The van der Waals surface area contributed by atoms with Gasteiger partial charge in [-0.3, -0.25) is 4.79 Å². The number of hydrogen-bond donors (Lipinski definition) is 1. The fourth-order valence-electron chi connectivity index (χ4n) is 2.87. The van der Waals surface area contributed by atoms with E-state index in [1.165, 1.54) is 11.8 Å². The maximum atomic E-state index is 12.5. The van der Waals surface area contributed by atoms with Crippen LogP contribution < -0.4 is 14.8 Å². The molecule has 1 aliphatic heterocycles. The standard InChI is InChI=1S/C22H24N2O3S/c1-13(2)27-20-16(10-7-11-17(20)26-5)12-18-21(25)24-22(28-18)23-19-14(3)8-6-9-15(19)4/h6-13H,1-5H3,(H,23,24,25)/b18-12-. The van der Waals surface area contributed by atoms with Gasteiger partial charge in [-0.2, -0.15) is 0 Å². The van der Waals surface area contributed by atoms with Crippen LogP contribution in [0.3, 0.4) is 0 Å². The van der Waals surface area contributed by atoms with Gasteiger partial charge in [0.05, 0.1) is 23.8 Å². The van der Waals surface area contributed by atoms with Crippen LogP contribution in [-0.4, -0.2) is 24.3 Å². The van der Waals surface area contributed by atoms with Gasteiger partial charge >= 0.3 is 0 Å². The Labute approximate surface area is 169 Å². The van der Waals surface area contributed by atoms with Crippen LogP contribution in [0.25, 0.3) is 6.08 Å². The van der Waals surface area contributed by atoms with Crippen LogP contribution in [-0.2, 0) is 4.79 Å². The molecule has 0 radical (unpaired) electrons. The highest BCUT2D eigenvalue weighted by atomic mass is 32.2. The van der Waals surface area contributed by atoms with Crippen molar-refractivity contribution in [3.63, 3.8) is 0 Å². The van der Waals surface area contributed by atoms with Crippen LogP contribution in [0.5, 0.6) is 11.5 Å². The number of nitrogens with zero attached hydrogens (tertiary/aromatic N) is 1. The predicted molar refractivity (Wildman–Crippen MR) is 115 cm³/mol. The third-order valence-corrected chi connectivity index (χ3v) is 5.08. The van der Waals surface area contributed by atoms with Gasteiger partial charge in [-0.05, 0) is 62.7 Å². The van der Waals surface area contributed by atoms with Crippen LogP contribution in [0.15, 0.2) is 46.3 Å². The van der Waals surface area contributed by atoms with E-state index in [9.17, 15) is 4.79 Å². The minimum absolute atomic E-state index is 0.0142. The van der Waals surface area contributed by atoms with E-state index in [1.807, 2.05) is 70.2 Å². The lowest BCUT2D eigenvalue weighted by molar-refractivity contribution is -0.115. The molecule has 2 aromatic rings. The van der Waals surface area contributed by atoms with E-state index in [4.69, 9.17) is 9.47 Å². The molecule has 2 aromatic carbocycles. The SMILES string of the molecule is COc1cccc(/C=C2\SC(=Nc3c(C)cccc3C)NC2=O)c1OC(C)C. The van der Waals surface area contributed by atoms with E-state index in [2.05, 4.69) is 10.3 Å². The Morgan fingerprint density at radius 2 is 1.79 bits per heavy atom. The summed E-state index contributed by atoms with van der Waals surface area (Å²) in [7, 11) is 1.60. The monoisotopic (exact) mass is 396 g/mol. The van der Waals surface area contributed by atoms with Crippen molar-refractivity contribution in [2.75, 3.05) is 7.11 Å². The van der Waals surface area contributed by atoms with Gasteiger partial charge in [0.25, 0.3) is 5.91 Å². The van der Waals surface area contributed by atoms with Crippen LogP contribution in [0.4, 0.5) is 5.69 Å². The summed E-state index contributed by atoms with van der Waals surface area (Å²) in [5.41, 5.74) is 3.82. The van der Waals surface area contributed by atoms with Crippen molar-refractivity contribution in [3.05, 3.63) is 58.0 Å². The molecule has 3 rings (SSSR count). The Bertz CT molecular complexity index is 944. The summed E-state index contributed by atoms with van der Waals surface area (Å²) in [6.07, 6.45) is 1.80. The Morgan fingerprint density at radius 1 is 1.11 bits per heavy atom. The van der Waals surface area contributed by atoms with E-state index >= 15 is 0 Å². The summed E-state index contributed by atoms with van der Waals surface area (Å²) in [6, 6.07) is 11.6. The molecule has 0 aliphatic carbocycles. The molecule has 1 fully saturated rings. The summed E-state index contributed by atoms with van der Waals surface area (Å²) < 4.78 is 11.3. The number of aliphatic imine (C=N–C) groups is 1. The molecule has 146 valence electrons. The number of benzene rings is 2. The van der Waals surface area contributed by atoms with E-state index in [1.54, 1.807) is 7.11 Å². The first-order chi connectivity index (χ1) is 13.4. The van der Waals surface area contributed by atoms with Crippen LogP contribution >= 0.6 is 11.8 Å². The molecular formula is C22H24N2O3S. The number of carbonyl (C=O) groups excluding carboxylic acids is 1. The minimum Gasteiger partial charge on any atom is -0.493 e. The summed E-state index contributed by atoms with van der Waals surface area (Å²) in [6.45, 7) is 7.93. The lowest BCUT2D eigenvalue weighted by atomic mass is 10.1. The Kier molecular flexibility index (Phi) is 6.09. The van der Waals surface area contributed by atoms with E-state index in [0.29, 0.717) is 21.6 Å². The second kappa shape index (κ2) is 8.52. The molecular weight excluding hydrogens is 372 g/mol. The first-order valence-corrected chi connectivity index (χ1v) is 9.90. The number of hydrogen-bond acceptors (Lipinski definition) is 5. The van der Waals surface area contributed by atoms with E-state index < -0.39 is 0 Å². The topological polar surface area (TPSA) is 59.9 Å². The molecule has 0 atom stereocenters. The molecule has 1 saturated heterocycles. The molecule has 28 heavy (non-hydrogen) atoms. The highest BCUT2D eigenvalue weighted by Crippen LogP contribution is 2.36. The Hall–Kier alpha value is -2.73. The molecule has 0 saturated carbocycles. The molecule has 1 N–H and O–H groups in total. The number of amidine groups is 1. The van der Waals surface area contributed by atoms with Crippen molar-refractivity contribution in [2.24, 2.45) is 4.99 Å². The number of carbonyl (C=O) groups is 1. The van der Waals surface area contributed by atoms with Crippen LogP contribution in [0, 0.1) is 13.8 Å². The number of ether oxygens (including phenoxy) is 2. The predicted octanol–water partition coefficient (Wildman–Crippen LogP) is 4.99. The quantitative estimate of drug-likeness (QED) is 0.723. The molecule has 1 aliphatic rings. The van der Waals surface area contributed by atoms with Gasteiger partial charge in [0.15, 0.2) is 16.7 Å². The summed E-state index contributed by atoms with van der Waals surface area (Å²) in [4.78, 5) is 17.7. The lowest BCUT2D eigenvalue weighted by Gasteiger charge is -2.16. The number of amides is 1. The number of nitrogens with one attached hydrogen (secondary N) is 1. The smallest absolute Gasteiger partial charge is 0.264 e. The average molecular weight is 397 g/mol. The first kappa shape index (κ1) is 20.0. The lowest BCUT2D eigenvalue weighted by Crippen LogP contribution is -2.19. The minimum atomic E-state index is -0.173. The molecule has 1 heterocycles. The van der Waals surface area contributed by atoms with Crippen LogP contribution in [0.2, 0.25) is 0 Å². The number of rotatable bonds is 5. The maximum Gasteiger partial charge on any atom is 0.264 e. The van der Waals surface area contributed by atoms with Crippen molar-refractivity contribution in [1.82, 2.24) is 5.32 Å². The number of methoxy groups -OCH3 is 1. The molecule has 1 amide bonds. The van der Waals surface area contributed by atoms with Gasteiger partial charge < -0.3 is 14.8 Å². The number of para-hydroxylation sites is 2. The number of aryl methyl sites for hydroxylation is 2. The fraction of sp³-hybridized carbons (Fsp3) is 0.273. The largest absolute Gasteiger partial charge is 0.493 e. The third-order valence-electron chi connectivity index (χ3n) is 4.17. The normalized spacial score (nSPS) is 16.7. The van der Waals surface area contributed by atoms with Gasteiger partial charge in [-0.25, -0.2) is 4.99 Å². The third kappa shape index (κ3) is 4.39. The molecule has 6 heteroatoms. The van der Waals surface area contributed by atoms with Crippen molar-refractivity contribution >= 4 is 34.6 Å². The summed E-state index contributed by atoms with van der Waals surface area (Å²) in [5, 5.41) is 3.42. The molecule has 0 aromatic heterocycles. The second-order valence-electron chi connectivity index (χ2n) is 6.77. The molecule has 0 unspecified atom stereocenters. The Morgan fingerprint density at radius 3 is 2.43 bits per heavy atom. The van der Waals surface area contributed by atoms with Crippen molar-refractivity contribution in [3.8, 4) is 11.5 Å². The second-order valence-corrected chi connectivity index (χ2v) is 7.80. The number of thioether (sulfide) groups is 1. The molecule has 0 bridgehead atoms. The van der Waals surface area contributed by atoms with E-state index in [-0.39, 0.29) is 12.0 Å². The van der Waals surface area contributed by atoms with Gasteiger partial charge in [-0.15, -0.1) is 0 Å². The van der Waals surface area contributed by atoms with E-state index in [0.717, 1.165) is 22.4 Å². The van der Waals surface area contributed by atoms with Gasteiger partial charge in [-0.1, -0.05) is 30.3 Å². The van der Waals surface area contributed by atoms with Crippen LogP contribution in [0.1, 0.15) is 30.5 Å². The maximum absolute atomic E-state index is 12.5. The fourth-order valence-corrected chi connectivity index (χ4v) is 3.69.